The van der Waals surface area contributed by atoms with Gasteiger partial charge in [-0.25, -0.2) is 0 Å². The molecule has 84 valence electrons. The van der Waals surface area contributed by atoms with Crippen LogP contribution in [0.4, 0.5) is 0 Å². The van der Waals surface area contributed by atoms with E-state index < -0.39 is 0 Å². The number of fused-ring (bicyclic) bond motifs is 5. The van der Waals surface area contributed by atoms with Crippen molar-refractivity contribution in [2.45, 2.75) is 0 Å². The quantitative estimate of drug-likeness (QED) is 0.248. The van der Waals surface area contributed by atoms with Gasteiger partial charge in [0.1, 0.15) is 0 Å². The molecule has 0 aliphatic heterocycles. The van der Waals surface area contributed by atoms with Crippen molar-refractivity contribution in [3.8, 4) is 0 Å². The second-order valence-corrected chi connectivity index (χ2v) is 4.58. The van der Waals surface area contributed by atoms with Gasteiger partial charge in [-0.2, -0.15) is 0 Å². The maximum absolute atomic E-state index is 3.39. The molecule has 0 N–H and O–H groups in total. The minimum absolute atomic E-state index is 0. The van der Waals surface area contributed by atoms with Crippen molar-refractivity contribution in [2.24, 2.45) is 0 Å². The van der Waals surface area contributed by atoms with E-state index in [1.165, 1.54) is 32.3 Å². The zero-order valence-electron chi connectivity index (χ0n) is 10.9. The van der Waals surface area contributed by atoms with Crippen LogP contribution in [0.25, 0.3) is 32.3 Å². The van der Waals surface area contributed by atoms with Crippen molar-refractivity contribution in [1.29, 1.82) is 0 Å². The molecule has 0 nitrogen and oxygen atoms in total. The second-order valence-electron chi connectivity index (χ2n) is 4.58. The predicted molar refractivity (Wildman–Crippen MR) is 77.8 cm³/mol. The molecule has 0 saturated carbocycles. The molecule has 0 aliphatic rings. The van der Waals surface area contributed by atoms with Crippen LogP contribution in [-0.4, -0.2) is 0 Å². The molecule has 0 atom stereocenters. The summed E-state index contributed by atoms with van der Waals surface area (Å²) in [6.45, 7) is 0. The van der Waals surface area contributed by atoms with Crippen LogP contribution in [0.5, 0.6) is 0 Å². The van der Waals surface area contributed by atoms with Crippen molar-refractivity contribution >= 4 is 32.3 Å². The minimum Gasteiger partial charge on any atom is -0.147 e. The van der Waals surface area contributed by atoms with Crippen LogP contribution in [0.15, 0.2) is 66.7 Å². The van der Waals surface area contributed by atoms with E-state index in [2.05, 4.69) is 60.7 Å². The van der Waals surface area contributed by atoms with Gasteiger partial charge < -0.3 is 0 Å². The summed E-state index contributed by atoms with van der Waals surface area (Å²) in [7, 11) is 0. The van der Waals surface area contributed by atoms with Gasteiger partial charge in [0.15, 0.2) is 0 Å². The zero-order chi connectivity index (χ0) is 11.9. The summed E-state index contributed by atoms with van der Waals surface area (Å²) in [5, 5.41) is 7.65. The molecule has 0 aliphatic carbocycles. The van der Waals surface area contributed by atoms with Crippen LogP contribution in [0, 0.1) is 6.07 Å². The largest absolute Gasteiger partial charge is 1.00 e. The first-order valence-electron chi connectivity index (χ1n) is 6.14. The maximum Gasteiger partial charge on any atom is 1.00 e. The predicted octanol–water partition coefficient (Wildman–Crippen LogP) is 1.95. The van der Waals surface area contributed by atoms with Crippen LogP contribution < -0.4 is 18.9 Å². The molecule has 0 saturated heterocycles. The molecular formula is C18H11Li. The fourth-order valence-corrected chi connectivity index (χ4v) is 2.69. The number of hydrogen-bond donors (Lipinski definition) is 0. The summed E-state index contributed by atoms with van der Waals surface area (Å²) in [5.74, 6) is 0. The molecule has 4 aromatic rings. The smallest absolute Gasteiger partial charge is 0.147 e. The molecule has 0 heterocycles. The number of hydrogen-bond acceptors (Lipinski definition) is 0. The molecule has 0 fully saturated rings. The van der Waals surface area contributed by atoms with E-state index in [9.17, 15) is 0 Å². The standard InChI is InChI=1S/C18H11.Li/c1-3-7-16-13(5-1)9-11-15-12-10-14-6-2-4-8-17(14)18(15)16;/h1-7,9-12H;/q-1;+1. The molecule has 0 aromatic heterocycles. The number of benzene rings is 4. The van der Waals surface area contributed by atoms with Gasteiger partial charge in [0.25, 0.3) is 0 Å². The average Bonchev–Trinajstić information content (AvgIpc) is 2.46. The van der Waals surface area contributed by atoms with Gasteiger partial charge in [-0.05, 0) is 5.39 Å². The van der Waals surface area contributed by atoms with Crippen LogP contribution in [0.3, 0.4) is 0 Å². The Balaban J connectivity index is 0.00000110. The maximum atomic E-state index is 3.39. The zero-order valence-corrected chi connectivity index (χ0v) is 10.9. The molecule has 1 heteroatoms. The summed E-state index contributed by atoms with van der Waals surface area (Å²) >= 11 is 0. The van der Waals surface area contributed by atoms with Crippen molar-refractivity contribution in [1.82, 2.24) is 0 Å². The Bertz CT molecular complexity index is 807. The Labute approximate surface area is 124 Å². The molecule has 0 radical (unpaired) electrons. The summed E-state index contributed by atoms with van der Waals surface area (Å²) in [5.41, 5.74) is 0. The van der Waals surface area contributed by atoms with Gasteiger partial charge >= 0.3 is 18.9 Å². The van der Waals surface area contributed by atoms with Gasteiger partial charge in [0.05, 0.1) is 0 Å². The summed E-state index contributed by atoms with van der Waals surface area (Å²) in [6.07, 6.45) is 0. The Hall–Kier alpha value is -1.74. The van der Waals surface area contributed by atoms with Gasteiger partial charge in [-0.3, -0.25) is 0 Å². The number of rotatable bonds is 0. The second kappa shape index (κ2) is 4.74. The minimum atomic E-state index is 0. The molecule has 0 spiro atoms. The van der Waals surface area contributed by atoms with E-state index in [4.69, 9.17) is 0 Å². The van der Waals surface area contributed by atoms with Crippen molar-refractivity contribution in [3.63, 3.8) is 0 Å². The Morgan fingerprint density at radius 3 is 2.21 bits per heavy atom. The van der Waals surface area contributed by atoms with Crippen LogP contribution in [0.1, 0.15) is 0 Å². The summed E-state index contributed by atoms with van der Waals surface area (Å²) in [6, 6.07) is 26.8. The fraction of sp³-hybridized carbons (Fsp3) is 0. The van der Waals surface area contributed by atoms with Crippen molar-refractivity contribution in [2.75, 3.05) is 0 Å². The molecule has 4 aromatic carbocycles. The van der Waals surface area contributed by atoms with Gasteiger partial charge in [-0.15, -0.1) is 35.0 Å². The summed E-state index contributed by atoms with van der Waals surface area (Å²) in [4.78, 5) is 0. The average molecular weight is 234 g/mol. The van der Waals surface area contributed by atoms with E-state index in [-0.39, 0.29) is 18.9 Å². The van der Waals surface area contributed by atoms with E-state index in [0.29, 0.717) is 0 Å². The van der Waals surface area contributed by atoms with Crippen LogP contribution in [0.2, 0.25) is 0 Å². The molecule has 19 heavy (non-hydrogen) atoms. The molecule has 0 bridgehead atoms. The topological polar surface area (TPSA) is 0 Å². The van der Waals surface area contributed by atoms with Crippen molar-refractivity contribution < 1.29 is 18.9 Å². The molecule has 4 rings (SSSR count). The fourth-order valence-electron chi connectivity index (χ4n) is 2.69. The van der Waals surface area contributed by atoms with Crippen LogP contribution >= 0.6 is 0 Å². The Kier molecular flexibility index (Phi) is 3.07. The van der Waals surface area contributed by atoms with E-state index in [1.807, 2.05) is 12.1 Å². The van der Waals surface area contributed by atoms with E-state index in [0.717, 1.165) is 0 Å². The van der Waals surface area contributed by atoms with Gasteiger partial charge in [0, 0.05) is 0 Å². The molecular weight excluding hydrogens is 223 g/mol. The first-order chi connectivity index (χ1) is 8.93. The third-order valence-electron chi connectivity index (χ3n) is 3.54. The van der Waals surface area contributed by atoms with E-state index >= 15 is 0 Å². The first kappa shape index (κ1) is 12.3. The van der Waals surface area contributed by atoms with E-state index in [1.54, 1.807) is 0 Å². The van der Waals surface area contributed by atoms with Crippen molar-refractivity contribution in [3.05, 3.63) is 72.8 Å². The Morgan fingerprint density at radius 2 is 1.32 bits per heavy atom. The Morgan fingerprint density at radius 1 is 0.632 bits per heavy atom. The normalized spacial score (nSPS) is 10.7. The van der Waals surface area contributed by atoms with Gasteiger partial charge in [0.2, 0.25) is 0 Å². The molecule has 0 unspecified atom stereocenters. The SMILES string of the molecule is [Li+].[c-]1cccc2ccc3ccc4ccccc4c3c12. The monoisotopic (exact) mass is 234 g/mol. The summed E-state index contributed by atoms with van der Waals surface area (Å²) < 4.78 is 0. The first-order valence-corrected chi connectivity index (χ1v) is 6.14. The van der Waals surface area contributed by atoms with Gasteiger partial charge in [-0.1, -0.05) is 64.7 Å². The third-order valence-corrected chi connectivity index (χ3v) is 3.54. The van der Waals surface area contributed by atoms with Crippen LogP contribution in [-0.2, 0) is 0 Å². The third kappa shape index (κ3) is 1.85. The molecule has 0 amide bonds.